The van der Waals surface area contributed by atoms with Crippen molar-refractivity contribution in [1.82, 2.24) is 14.9 Å². The lowest BCUT2D eigenvalue weighted by Crippen LogP contribution is -2.48. The molecule has 0 saturated carbocycles. The van der Waals surface area contributed by atoms with Crippen LogP contribution in [0.5, 0.6) is 5.88 Å². The number of rotatable bonds is 4. The predicted molar refractivity (Wildman–Crippen MR) is 69.6 cm³/mol. The first-order valence-corrected chi connectivity index (χ1v) is 6.17. The summed E-state index contributed by atoms with van der Waals surface area (Å²) in [7, 11) is 1.58. The molecular formula is C12H18N4O3. The Kier molecular flexibility index (Phi) is 4.16. The molecule has 0 bridgehead atoms. The first kappa shape index (κ1) is 13.5. The summed E-state index contributed by atoms with van der Waals surface area (Å²) in [6.07, 6.45) is 0. The van der Waals surface area contributed by atoms with Gasteiger partial charge in [0.05, 0.1) is 13.7 Å². The largest absolute Gasteiger partial charge is 0.481 e. The van der Waals surface area contributed by atoms with Gasteiger partial charge in [0.2, 0.25) is 11.8 Å². The first-order chi connectivity index (χ1) is 9.08. The van der Waals surface area contributed by atoms with Crippen LogP contribution in [0.2, 0.25) is 0 Å². The predicted octanol–water partition coefficient (Wildman–Crippen LogP) is 0.000220. The van der Waals surface area contributed by atoms with Gasteiger partial charge in [-0.25, -0.2) is 4.98 Å². The van der Waals surface area contributed by atoms with E-state index in [2.05, 4.69) is 9.97 Å². The van der Waals surface area contributed by atoms with Crippen molar-refractivity contribution in [2.45, 2.75) is 6.92 Å². The minimum atomic E-state index is -0.790. The molecule has 1 N–H and O–H groups in total. The van der Waals surface area contributed by atoms with Crippen molar-refractivity contribution in [2.75, 3.05) is 44.7 Å². The average Bonchev–Trinajstić information content (AvgIpc) is 2.38. The third-order valence-electron chi connectivity index (χ3n) is 3.04. The quantitative estimate of drug-likeness (QED) is 0.821. The summed E-state index contributed by atoms with van der Waals surface area (Å²) >= 11 is 0. The minimum Gasteiger partial charge on any atom is -0.481 e. The van der Waals surface area contributed by atoms with Gasteiger partial charge in [-0.05, 0) is 6.92 Å². The van der Waals surface area contributed by atoms with Crippen molar-refractivity contribution < 1.29 is 14.6 Å². The summed E-state index contributed by atoms with van der Waals surface area (Å²) in [6.45, 7) is 4.83. The van der Waals surface area contributed by atoms with Gasteiger partial charge < -0.3 is 14.7 Å². The van der Waals surface area contributed by atoms with Crippen LogP contribution in [0.1, 0.15) is 5.69 Å². The Bertz CT molecular complexity index is 458. The Labute approximate surface area is 111 Å². The molecule has 0 unspecified atom stereocenters. The monoisotopic (exact) mass is 266 g/mol. The summed E-state index contributed by atoms with van der Waals surface area (Å²) < 4.78 is 5.13. The molecule has 19 heavy (non-hydrogen) atoms. The Balaban J connectivity index is 2.01. The van der Waals surface area contributed by atoms with E-state index in [0.29, 0.717) is 24.9 Å². The molecule has 7 heteroatoms. The number of nitrogens with zero attached hydrogens (tertiary/aromatic N) is 4. The smallest absolute Gasteiger partial charge is 0.317 e. The molecule has 2 heterocycles. The second-order valence-electron chi connectivity index (χ2n) is 4.51. The van der Waals surface area contributed by atoms with Gasteiger partial charge in [-0.2, -0.15) is 4.98 Å². The molecule has 7 nitrogen and oxygen atoms in total. The number of carbonyl (C=O) groups is 1. The summed E-state index contributed by atoms with van der Waals surface area (Å²) in [5, 5.41) is 8.76. The number of methoxy groups -OCH3 is 1. The van der Waals surface area contributed by atoms with Gasteiger partial charge in [0.15, 0.2) is 0 Å². The highest BCUT2D eigenvalue weighted by molar-refractivity contribution is 5.69. The molecule has 0 amide bonds. The number of ether oxygens (including phenoxy) is 1. The topological polar surface area (TPSA) is 78.8 Å². The van der Waals surface area contributed by atoms with Crippen molar-refractivity contribution in [2.24, 2.45) is 0 Å². The number of hydrogen-bond donors (Lipinski definition) is 1. The molecule has 1 aromatic rings. The zero-order valence-corrected chi connectivity index (χ0v) is 11.2. The number of hydrogen-bond acceptors (Lipinski definition) is 6. The molecule has 2 rings (SSSR count). The lowest BCUT2D eigenvalue weighted by atomic mass is 10.3. The second kappa shape index (κ2) is 5.83. The van der Waals surface area contributed by atoms with E-state index >= 15 is 0 Å². The fourth-order valence-corrected chi connectivity index (χ4v) is 2.07. The second-order valence-corrected chi connectivity index (χ2v) is 4.51. The number of carboxylic acid groups (broad SMARTS) is 1. The number of aliphatic carboxylic acids is 1. The molecule has 0 spiro atoms. The Morgan fingerprint density at radius 2 is 2.05 bits per heavy atom. The van der Waals surface area contributed by atoms with E-state index in [1.54, 1.807) is 13.2 Å². The molecule has 1 aliphatic rings. The number of piperazine rings is 1. The number of carboxylic acids is 1. The van der Waals surface area contributed by atoms with Crippen molar-refractivity contribution in [1.29, 1.82) is 0 Å². The van der Waals surface area contributed by atoms with Crippen LogP contribution in [-0.2, 0) is 4.79 Å². The van der Waals surface area contributed by atoms with Gasteiger partial charge in [-0.15, -0.1) is 0 Å². The lowest BCUT2D eigenvalue weighted by Gasteiger charge is -2.33. The molecule has 1 fully saturated rings. The molecule has 0 aliphatic carbocycles. The maximum Gasteiger partial charge on any atom is 0.317 e. The fraction of sp³-hybridized carbons (Fsp3) is 0.583. The number of aryl methyl sites for hydroxylation is 1. The molecule has 0 aromatic carbocycles. The van der Waals surface area contributed by atoms with Crippen LogP contribution < -0.4 is 9.64 Å². The van der Waals surface area contributed by atoms with E-state index in [9.17, 15) is 4.79 Å². The van der Waals surface area contributed by atoms with Gasteiger partial charge in [0.25, 0.3) is 0 Å². The average molecular weight is 266 g/mol. The molecule has 0 atom stereocenters. The van der Waals surface area contributed by atoms with Crippen molar-refractivity contribution >= 4 is 11.9 Å². The molecule has 1 saturated heterocycles. The Morgan fingerprint density at radius 3 is 2.63 bits per heavy atom. The van der Waals surface area contributed by atoms with Crippen LogP contribution >= 0.6 is 0 Å². The Hall–Kier alpha value is -1.89. The van der Waals surface area contributed by atoms with Gasteiger partial charge in [0, 0.05) is 37.9 Å². The minimum absolute atomic E-state index is 0.0891. The van der Waals surface area contributed by atoms with Crippen molar-refractivity contribution in [3.05, 3.63) is 11.8 Å². The maximum absolute atomic E-state index is 10.7. The van der Waals surface area contributed by atoms with E-state index in [-0.39, 0.29) is 6.54 Å². The van der Waals surface area contributed by atoms with Crippen LogP contribution in [0.25, 0.3) is 0 Å². The van der Waals surface area contributed by atoms with E-state index < -0.39 is 5.97 Å². The summed E-state index contributed by atoms with van der Waals surface area (Å²) in [4.78, 5) is 23.3. The highest BCUT2D eigenvalue weighted by Crippen LogP contribution is 2.16. The normalized spacial score (nSPS) is 16.4. The number of aromatic nitrogens is 2. The summed E-state index contributed by atoms with van der Waals surface area (Å²) in [6, 6.07) is 1.78. The van der Waals surface area contributed by atoms with E-state index in [1.165, 1.54) is 0 Å². The number of anilines is 1. The standard InChI is InChI=1S/C12H18N4O3/c1-9-7-10(19-2)14-12(13-9)16-5-3-15(4-6-16)8-11(17)18/h7H,3-6,8H2,1-2H3,(H,17,18). The highest BCUT2D eigenvalue weighted by Gasteiger charge is 2.21. The van der Waals surface area contributed by atoms with E-state index in [4.69, 9.17) is 9.84 Å². The van der Waals surface area contributed by atoms with E-state index in [1.807, 2.05) is 16.7 Å². The highest BCUT2D eigenvalue weighted by atomic mass is 16.5. The van der Waals surface area contributed by atoms with Gasteiger partial charge in [-0.1, -0.05) is 0 Å². The first-order valence-electron chi connectivity index (χ1n) is 6.17. The van der Waals surface area contributed by atoms with Crippen molar-refractivity contribution in [3.8, 4) is 5.88 Å². The Morgan fingerprint density at radius 1 is 1.37 bits per heavy atom. The zero-order chi connectivity index (χ0) is 13.8. The summed E-state index contributed by atoms with van der Waals surface area (Å²) in [5.41, 5.74) is 0.856. The van der Waals surface area contributed by atoms with Gasteiger partial charge >= 0.3 is 5.97 Å². The van der Waals surface area contributed by atoms with E-state index in [0.717, 1.165) is 18.8 Å². The lowest BCUT2D eigenvalue weighted by molar-refractivity contribution is -0.138. The van der Waals surface area contributed by atoms with Crippen LogP contribution in [-0.4, -0.2) is 65.8 Å². The van der Waals surface area contributed by atoms with Gasteiger partial charge in [0.1, 0.15) is 0 Å². The van der Waals surface area contributed by atoms with Crippen molar-refractivity contribution in [3.63, 3.8) is 0 Å². The summed E-state index contributed by atoms with van der Waals surface area (Å²) in [5.74, 6) is 0.407. The molecule has 0 radical (unpaired) electrons. The zero-order valence-electron chi connectivity index (χ0n) is 11.2. The third kappa shape index (κ3) is 3.54. The van der Waals surface area contributed by atoms with Gasteiger partial charge in [-0.3, -0.25) is 9.69 Å². The van der Waals surface area contributed by atoms with Crippen LogP contribution in [0.4, 0.5) is 5.95 Å². The van der Waals surface area contributed by atoms with Crippen LogP contribution in [0, 0.1) is 6.92 Å². The fourth-order valence-electron chi connectivity index (χ4n) is 2.07. The molecule has 1 aliphatic heterocycles. The molecule has 104 valence electrons. The SMILES string of the molecule is COc1cc(C)nc(N2CCN(CC(=O)O)CC2)n1. The maximum atomic E-state index is 10.7. The molecule has 1 aromatic heterocycles. The van der Waals surface area contributed by atoms with Crippen LogP contribution in [0.3, 0.4) is 0 Å². The molecular weight excluding hydrogens is 248 g/mol. The van der Waals surface area contributed by atoms with Crippen LogP contribution in [0.15, 0.2) is 6.07 Å². The third-order valence-corrected chi connectivity index (χ3v) is 3.04.